The van der Waals surface area contributed by atoms with Crippen LogP contribution in [0.4, 0.5) is 0 Å². The van der Waals surface area contributed by atoms with Crippen LogP contribution >= 0.6 is 0 Å². The van der Waals surface area contributed by atoms with Crippen molar-refractivity contribution in [2.45, 2.75) is 6.54 Å². The zero-order chi connectivity index (χ0) is 10.8. The van der Waals surface area contributed by atoms with Gasteiger partial charge < -0.3 is 9.74 Å². The highest BCUT2D eigenvalue weighted by atomic mass is 16.7. The minimum Gasteiger partial charge on any atom is -0.404 e. The monoisotopic (exact) mass is 204 g/mol. The van der Waals surface area contributed by atoms with Crippen molar-refractivity contribution in [2.75, 3.05) is 21.1 Å². The Balaban J connectivity index is 2.36. The molecule has 0 spiro atoms. The van der Waals surface area contributed by atoms with E-state index in [0.717, 1.165) is 12.3 Å². The Hall–Kier alpha value is -1.48. The highest BCUT2D eigenvalue weighted by Crippen LogP contribution is 2.26. The summed E-state index contributed by atoms with van der Waals surface area (Å²) in [5, 5.41) is 1.71. The Morgan fingerprint density at radius 2 is 2.00 bits per heavy atom. The fourth-order valence-electron chi connectivity index (χ4n) is 1.75. The fourth-order valence-corrected chi connectivity index (χ4v) is 1.75. The van der Waals surface area contributed by atoms with Crippen molar-refractivity contribution in [1.29, 1.82) is 0 Å². The van der Waals surface area contributed by atoms with Crippen LogP contribution in [0.15, 0.2) is 30.5 Å². The molecular formula is C12H16N2O. The lowest BCUT2D eigenvalue weighted by Crippen LogP contribution is -2.21. The summed E-state index contributed by atoms with van der Waals surface area (Å²) in [5.41, 5.74) is 2.49. The van der Waals surface area contributed by atoms with E-state index in [9.17, 15) is 0 Å². The van der Waals surface area contributed by atoms with Crippen molar-refractivity contribution in [3.63, 3.8) is 0 Å². The van der Waals surface area contributed by atoms with Crippen LogP contribution in [0, 0.1) is 0 Å². The van der Waals surface area contributed by atoms with Gasteiger partial charge >= 0.3 is 0 Å². The van der Waals surface area contributed by atoms with Crippen molar-refractivity contribution in [3.05, 3.63) is 41.6 Å². The molecule has 0 amide bonds. The molecule has 0 radical (unpaired) electrons. The van der Waals surface area contributed by atoms with Gasteiger partial charge in [0.1, 0.15) is 0 Å². The van der Waals surface area contributed by atoms with E-state index >= 15 is 0 Å². The Morgan fingerprint density at radius 3 is 2.73 bits per heavy atom. The number of benzene rings is 1. The fraction of sp³-hybridized carbons (Fsp3) is 0.333. The second-order valence-electron chi connectivity index (χ2n) is 3.97. The first-order valence-corrected chi connectivity index (χ1v) is 5.02. The Kier molecular flexibility index (Phi) is 2.64. The van der Waals surface area contributed by atoms with Gasteiger partial charge in [0.2, 0.25) is 0 Å². The van der Waals surface area contributed by atoms with E-state index in [2.05, 4.69) is 30.1 Å². The van der Waals surface area contributed by atoms with E-state index in [4.69, 9.17) is 4.84 Å². The standard InChI is InChI=1S/C12H16N2O/c1-13(2)15-12-9-14(3)8-10-6-4-5-7-11(10)12/h4-7,9H,8H2,1-3H3. The molecule has 3 nitrogen and oxygen atoms in total. The largest absolute Gasteiger partial charge is 0.404 e. The van der Waals surface area contributed by atoms with Gasteiger partial charge in [0.25, 0.3) is 0 Å². The Bertz CT molecular complexity index is 385. The van der Waals surface area contributed by atoms with Gasteiger partial charge in [-0.1, -0.05) is 24.3 Å². The van der Waals surface area contributed by atoms with Crippen LogP contribution in [0.25, 0.3) is 5.76 Å². The zero-order valence-electron chi connectivity index (χ0n) is 9.40. The van der Waals surface area contributed by atoms with E-state index in [1.54, 1.807) is 5.06 Å². The molecule has 0 N–H and O–H groups in total. The quantitative estimate of drug-likeness (QED) is 0.684. The third-order valence-electron chi connectivity index (χ3n) is 2.32. The first-order chi connectivity index (χ1) is 7.16. The van der Waals surface area contributed by atoms with E-state index < -0.39 is 0 Å². The second-order valence-corrected chi connectivity index (χ2v) is 3.97. The molecule has 2 rings (SSSR count). The van der Waals surface area contributed by atoms with Gasteiger partial charge in [-0.3, -0.25) is 0 Å². The smallest absolute Gasteiger partial charge is 0.170 e. The molecule has 0 aliphatic carbocycles. The first-order valence-electron chi connectivity index (χ1n) is 5.02. The molecule has 80 valence electrons. The van der Waals surface area contributed by atoms with Gasteiger partial charge in [-0.15, -0.1) is 0 Å². The molecule has 1 aromatic rings. The van der Waals surface area contributed by atoms with Crippen molar-refractivity contribution in [3.8, 4) is 0 Å². The topological polar surface area (TPSA) is 15.7 Å². The van der Waals surface area contributed by atoms with Gasteiger partial charge in [0.15, 0.2) is 5.76 Å². The maximum atomic E-state index is 5.64. The van der Waals surface area contributed by atoms with Gasteiger partial charge in [0.05, 0.1) is 0 Å². The van der Waals surface area contributed by atoms with Crippen LogP contribution in [0.1, 0.15) is 11.1 Å². The van der Waals surface area contributed by atoms with Crippen molar-refractivity contribution < 1.29 is 4.84 Å². The third-order valence-corrected chi connectivity index (χ3v) is 2.32. The highest BCUT2D eigenvalue weighted by molar-refractivity contribution is 5.64. The molecule has 0 atom stereocenters. The molecule has 0 aromatic heterocycles. The van der Waals surface area contributed by atoms with Crippen LogP contribution in [0.5, 0.6) is 0 Å². The van der Waals surface area contributed by atoms with Crippen molar-refractivity contribution in [1.82, 2.24) is 9.96 Å². The number of hydrogen-bond acceptors (Lipinski definition) is 3. The molecule has 0 bridgehead atoms. The summed E-state index contributed by atoms with van der Waals surface area (Å²) in [6, 6.07) is 8.33. The van der Waals surface area contributed by atoms with Crippen LogP contribution in [0.3, 0.4) is 0 Å². The third kappa shape index (κ3) is 2.13. The van der Waals surface area contributed by atoms with Gasteiger partial charge in [-0.25, -0.2) is 0 Å². The second kappa shape index (κ2) is 3.95. The van der Waals surface area contributed by atoms with Crippen LogP contribution < -0.4 is 0 Å². The SMILES string of the molecule is CN1C=C(ON(C)C)c2ccccc2C1. The maximum Gasteiger partial charge on any atom is 0.170 e. The predicted octanol–water partition coefficient (Wildman–Crippen LogP) is 1.92. The van der Waals surface area contributed by atoms with E-state index in [1.807, 2.05) is 26.4 Å². The molecule has 1 aromatic carbocycles. The number of hydroxylamine groups is 2. The van der Waals surface area contributed by atoms with Gasteiger partial charge in [-0.2, -0.15) is 5.06 Å². The molecule has 15 heavy (non-hydrogen) atoms. The average molecular weight is 204 g/mol. The summed E-state index contributed by atoms with van der Waals surface area (Å²) in [4.78, 5) is 7.77. The molecule has 1 aliphatic rings. The summed E-state index contributed by atoms with van der Waals surface area (Å²) in [7, 11) is 5.82. The van der Waals surface area contributed by atoms with Crippen molar-refractivity contribution in [2.24, 2.45) is 0 Å². The Morgan fingerprint density at radius 1 is 1.27 bits per heavy atom. The molecular weight excluding hydrogens is 188 g/mol. The number of rotatable bonds is 2. The predicted molar refractivity (Wildman–Crippen MR) is 60.7 cm³/mol. The molecule has 0 saturated heterocycles. The van der Waals surface area contributed by atoms with Crippen LogP contribution in [-0.4, -0.2) is 31.1 Å². The molecule has 0 fully saturated rings. The normalized spacial score (nSPS) is 14.9. The number of hydrogen-bond donors (Lipinski definition) is 0. The minimum absolute atomic E-state index is 0.907. The zero-order valence-corrected chi connectivity index (χ0v) is 9.40. The molecule has 3 heteroatoms. The molecule has 1 heterocycles. The van der Waals surface area contributed by atoms with E-state index in [1.165, 1.54) is 11.1 Å². The molecule has 0 unspecified atom stereocenters. The highest BCUT2D eigenvalue weighted by Gasteiger charge is 2.16. The van der Waals surface area contributed by atoms with Gasteiger partial charge in [0, 0.05) is 39.5 Å². The maximum absolute atomic E-state index is 5.64. The number of fused-ring (bicyclic) bond motifs is 1. The molecule has 1 aliphatic heterocycles. The Labute approximate surface area is 90.5 Å². The van der Waals surface area contributed by atoms with Gasteiger partial charge in [-0.05, 0) is 5.56 Å². The summed E-state index contributed by atoms with van der Waals surface area (Å²) in [5.74, 6) is 0.907. The summed E-state index contributed by atoms with van der Waals surface area (Å²) >= 11 is 0. The van der Waals surface area contributed by atoms with Crippen molar-refractivity contribution >= 4 is 5.76 Å². The lowest BCUT2D eigenvalue weighted by Gasteiger charge is -2.26. The van der Waals surface area contributed by atoms with Crippen LogP contribution in [-0.2, 0) is 11.4 Å². The lowest BCUT2D eigenvalue weighted by molar-refractivity contribution is -0.0377. The summed E-state index contributed by atoms with van der Waals surface area (Å²) in [6.07, 6.45) is 2.03. The molecule has 0 saturated carbocycles. The minimum atomic E-state index is 0.907. The average Bonchev–Trinajstić information content (AvgIpc) is 2.16. The first kappa shape index (κ1) is 10.1. The summed E-state index contributed by atoms with van der Waals surface area (Å²) in [6.45, 7) is 0.941. The summed E-state index contributed by atoms with van der Waals surface area (Å²) < 4.78 is 0. The van der Waals surface area contributed by atoms with E-state index in [-0.39, 0.29) is 0 Å². The van der Waals surface area contributed by atoms with Crippen LogP contribution in [0.2, 0.25) is 0 Å². The number of nitrogens with zero attached hydrogens (tertiary/aromatic N) is 2. The van der Waals surface area contributed by atoms with E-state index in [0.29, 0.717) is 0 Å². The lowest BCUT2D eigenvalue weighted by atomic mass is 10.0.